The molecule has 3 N–H and O–H groups in total. The number of hydrogen-bond acceptors (Lipinski definition) is 6. The second-order valence-corrected chi connectivity index (χ2v) is 8.21. The van der Waals surface area contributed by atoms with Gasteiger partial charge in [0.05, 0.1) is 6.04 Å². The van der Waals surface area contributed by atoms with Gasteiger partial charge < -0.3 is 30.1 Å². The van der Waals surface area contributed by atoms with E-state index in [0.717, 1.165) is 29.0 Å². The molecular weight excluding hydrogens is 410 g/mol. The van der Waals surface area contributed by atoms with Crippen LogP contribution in [0.3, 0.4) is 0 Å². The number of fused-ring (bicyclic) bond motifs is 1. The summed E-state index contributed by atoms with van der Waals surface area (Å²) in [5.41, 5.74) is 8.15. The number of nitrogens with two attached hydrogens (primary N) is 1. The van der Waals surface area contributed by atoms with E-state index in [1.165, 1.54) is 4.90 Å². The van der Waals surface area contributed by atoms with Gasteiger partial charge in [-0.05, 0) is 61.6 Å². The highest BCUT2D eigenvalue weighted by atomic mass is 16.7. The Morgan fingerprint density at radius 3 is 2.38 bits per heavy atom. The van der Waals surface area contributed by atoms with Crippen molar-refractivity contribution in [2.45, 2.75) is 38.3 Å². The minimum atomic E-state index is -0.789. The first-order valence-corrected chi connectivity index (χ1v) is 10.7. The van der Waals surface area contributed by atoms with E-state index in [4.69, 9.17) is 15.2 Å². The van der Waals surface area contributed by atoms with E-state index in [-0.39, 0.29) is 24.4 Å². The number of amides is 2. The highest BCUT2D eigenvalue weighted by molar-refractivity contribution is 5.89. The van der Waals surface area contributed by atoms with E-state index in [0.29, 0.717) is 19.4 Å². The van der Waals surface area contributed by atoms with Gasteiger partial charge in [0, 0.05) is 20.6 Å². The number of benzene rings is 2. The molecule has 8 heteroatoms. The number of nitrogens with zero attached hydrogens (tertiary/aromatic N) is 2. The molecule has 8 nitrogen and oxygen atoms in total. The summed E-state index contributed by atoms with van der Waals surface area (Å²) >= 11 is 0. The number of carbonyl (C=O) groups is 2. The summed E-state index contributed by atoms with van der Waals surface area (Å²) in [7, 11) is 3.34. The van der Waals surface area contributed by atoms with Crippen LogP contribution in [0, 0.1) is 0 Å². The molecule has 1 aliphatic rings. The molecule has 172 valence electrons. The van der Waals surface area contributed by atoms with Crippen molar-refractivity contribution < 1.29 is 24.2 Å². The maximum absolute atomic E-state index is 13.2. The van der Waals surface area contributed by atoms with Gasteiger partial charge in [-0.25, -0.2) is 0 Å². The minimum absolute atomic E-state index is 0.154. The zero-order chi connectivity index (χ0) is 23.3. The summed E-state index contributed by atoms with van der Waals surface area (Å²) in [5.74, 6) is 1.19. The van der Waals surface area contributed by atoms with Crippen molar-refractivity contribution in [1.29, 1.82) is 0 Å². The van der Waals surface area contributed by atoms with Crippen molar-refractivity contribution in [1.82, 2.24) is 9.80 Å². The van der Waals surface area contributed by atoms with Crippen LogP contribution in [0.15, 0.2) is 42.5 Å². The fraction of sp³-hybridized carbons (Fsp3) is 0.417. The third-order valence-corrected chi connectivity index (χ3v) is 5.56. The van der Waals surface area contributed by atoms with Crippen LogP contribution in [0.5, 0.6) is 17.2 Å². The van der Waals surface area contributed by atoms with E-state index in [1.54, 1.807) is 50.2 Å². The Labute approximate surface area is 188 Å². The highest BCUT2D eigenvalue weighted by Gasteiger charge is 2.30. The van der Waals surface area contributed by atoms with Crippen LogP contribution >= 0.6 is 0 Å². The Morgan fingerprint density at radius 1 is 1.03 bits per heavy atom. The van der Waals surface area contributed by atoms with Gasteiger partial charge >= 0.3 is 0 Å². The van der Waals surface area contributed by atoms with Crippen LogP contribution in [0.1, 0.15) is 24.5 Å². The molecule has 0 saturated heterocycles. The van der Waals surface area contributed by atoms with E-state index in [2.05, 4.69) is 0 Å². The van der Waals surface area contributed by atoms with Crippen LogP contribution in [-0.4, -0.2) is 66.2 Å². The van der Waals surface area contributed by atoms with E-state index in [9.17, 15) is 14.7 Å². The Hall–Kier alpha value is -3.26. The number of aryl methyl sites for hydroxylation is 1. The number of likely N-dealkylation sites (N-methyl/N-ethyl adjacent to an activating group) is 1. The second-order valence-electron chi connectivity index (χ2n) is 8.21. The van der Waals surface area contributed by atoms with Gasteiger partial charge in [0.1, 0.15) is 11.8 Å². The number of aromatic hydroxyl groups is 1. The van der Waals surface area contributed by atoms with Crippen LogP contribution in [0.2, 0.25) is 0 Å². The van der Waals surface area contributed by atoms with Crippen LogP contribution < -0.4 is 15.2 Å². The maximum Gasteiger partial charge on any atom is 0.244 e. The van der Waals surface area contributed by atoms with Crippen LogP contribution in [-0.2, 0) is 22.4 Å². The smallest absolute Gasteiger partial charge is 0.244 e. The normalized spacial score (nSPS) is 14.0. The molecule has 1 heterocycles. The number of carbonyl (C=O) groups excluding carboxylic acids is 2. The lowest BCUT2D eigenvalue weighted by molar-refractivity contribution is -0.144. The predicted octanol–water partition coefficient (Wildman–Crippen LogP) is 1.93. The highest BCUT2D eigenvalue weighted by Crippen LogP contribution is 2.32. The fourth-order valence-electron chi connectivity index (χ4n) is 3.74. The summed E-state index contributed by atoms with van der Waals surface area (Å²) in [6.45, 7) is 2.36. The van der Waals surface area contributed by atoms with Gasteiger partial charge in [0.25, 0.3) is 0 Å². The molecule has 0 unspecified atom stereocenters. The minimum Gasteiger partial charge on any atom is -0.508 e. The number of rotatable bonds is 9. The molecule has 2 amide bonds. The van der Waals surface area contributed by atoms with Crippen molar-refractivity contribution in [3.63, 3.8) is 0 Å². The first-order valence-electron chi connectivity index (χ1n) is 10.7. The van der Waals surface area contributed by atoms with Gasteiger partial charge in [0.2, 0.25) is 18.6 Å². The predicted molar refractivity (Wildman–Crippen MR) is 121 cm³/mol. The van der Waals surface area contributed by atoms with E-state index >= 15 is 0 Å². The van der Waals surface area contributed by atoms with E-state index in [1.807, 2.05) is 18.2 Å². The summed E-state index contributed by atoms with van der Waals surface area (Å²) in [5, 5.41) is 9.45. The van der Waals surface area contributed by atoms with Crippen molar-refractivity contribution in [3.05, 3.63) is 53.6 Å². The average Bonchev–Trinajstić information content (AvgIpc) is 3.24. The quantitative estimate of drug-likeness (QED) is 0.616. The molecule has 2 atom stereocenters. The van der Waals surface area contributed by atoms with E-state index < -0.39 is 12.1 Å². The van der Waals surface area contributed by atoms with Gasteiger partial charge in [-0.3, -0.25) is 9.59 Å². The Balaban J connectivity index is 1.67. The zero-order valence-corrected chi connectivity index (χ0v) is 18.8. The molecule has 1 aliphatic heterocycles. The molecule has 0 saturated carbocycles. The second kappa shape index (κ2) is 10.4. The third kappa shape index (κ3) is 5.70. The number of phenolic OH excluding ortho intramolecular Hbond substituents is 1. The SMILES string of the molecule is C[C@H](C(=O)N(C)C)N(CCCc1ccc2c(c1)OCO2)C(=O)[C@@H](N)Cc1ccc(O)cc1. The zero-order valence-electron chi connectivity index (χ0n) is 18.8. The molecular formula is C24H31N3O5. The molecule has 0 aliphatic carbocycles. The Bertz CT molecular complexity index is 945. The summed E-state index contributed by atoms with van der Waals surface area (Å²) in [6.07, 6.45) is 1.71. The Morgan fingerprint density at radius 2 is 1.69 bits per heavy atom. The molecule has 0 radical (unpaired) electrons. The van der Waals surface area contributed by atoms with Crippen molar-refractivity contribution in [2.75, 3.05) is 27.4 Å². The third-order valence-electron chi connectivity index (χ3n) is 5.56. The summed E-state index contributed by atoms with van der Waals surface area (Å²) in [6, 6.07) is 11.0. The lowest BCUT2D eigenvalue weighted by Crippen LogP contribution is -2.53. The Kier molecular flexibility index (Phi) is 7.58. The first-order chi connectivity index (χ1) is 15.3. The van der Waals surface area contributed by atoms with Crippen LogP contribution in [0.4, 0.5) is 0 Å². The molecule has 0 spiro atoms. The molecule has 32 heavy (non-hydrogen) atoms. The molecule has 2 aromatic rings. The van der Waals surface area contributed by atoms with Gasteiger partial charge in [-0.15, -0.1) is 0 Å². The van der Waals surface area contributed by atoms with Gasteiger partial charge in [0.15, 0.2) is 11.5 Å². The van der Waals surface area contributed by atoms with Crippen molar-refractivity contribution >= 4 is 11.8 Å². The first kappa shape index (κ1) is 23.4. The number of phenols is 1. The lowest BCUT2D eigenvalue weighted by atomic mass is 10.0. The maximum atomic E-state index is 13.2. The van der Waals surface area contributed by atoms with Gasteiger partial charge in [-0.2, -0.15) is 0 Å². The molecule has 0 fully saturated rings. The van der Waals surface area contributed by atoms with Crippen LogP contribution in [0.25, 0.3) is 0 Å². The standard InChI is InChI=1S/C24H31N3O5/c1-16(23(29)26(2)3)27(24(30)20(25)13-18-6-9-19(28)10-7-18)12-4-5-17-8-11-21-22(14-17)32-15-31-21/h6-11,14,16,20,28H,4-5,12-13,15,25H2,1-3H3/t16-,20+/m1/s1. The number of ether oxygens (including phenoxy) is 2. The lowest BCUT2D eigenvalue weighted by Gasteiger charge is -2.32. The largest absolute Gasteiger partial charge is 0.508 e. The molecule has 2 aromatic carbocycles. The average molecular weight is 442 g/mol. The molecule has 0 bridgehead atoms. The van der Waals surface area contributed by atoms with Crippen molar-refractivity contribution in [3.8, 4) is 17.2 Å². The topological polar surface area (TPSA) is 105 Å². The monoisotopic (exact) mass is 441 g/mol. The molecule has 3 rings (SSSR count). The van der Waals surface area contributed by atoms with Crippen molar-refractivity contribution in [2.24, 2.45) is 5.73 Å². The molecule has 0 aromatic heterocycles. The fourth-order valence-corrected chi connectivity index (χ4v) is 3.74. The summed E-state index contributed by atoms with van der Waals surface area (Å²) in [4.78, 5) is 28.9. The van der Waals surface area contributed by atoms with Gasteiger partial charge in [-0.1, -0.05) is 18.2 Å². The number of hydrogen-bond donors (Lipinski definition) is 2. The summed E-state index contributed by atoms with van der Waals surface area (Å²) < 4.78 is 10.8.